The van der Waals surface area contributed by atoms with Gasteiger partial charge in [-0.3, -0.25) is 0 Å². The number of aryl methyl sites for hydroxylation is 1. The lowest BCUT2D eigenvalue weighted by Crippen LogP contribution is -2.34. The van der Waals surface area contributed by atoms with Crippen molar-refractivity contribution in [2.45, 2.75) is 45.8 Å². The van der Waals surface area contributed by atoms with Crippen LogP contribution in [0.15, 0.2) is 18.2 Å². The van der Waals surface area contributed by atoms with Crippen molar-refractivity contribution in [1.82, 2.24) is 5.32 Å². The molecule has 0 fully saturated rings. The first-order chi connectivity index (χ1) is 9.25. The van der Waals surface area contributed by atoms with Gasteiger partial charge in [0.1, 0.15) is 5.82 Å². The van der Waals surface area contributed by atoms with Gasteiger partial charge in [-0.25, -0.2) is 4.39 Å². The summed E-state index contributed by atoms with van der Waals surface area (Å²) in [6, 6.07) is 3.49. The van der Waals surface area contributed by atoms with Gasteiger partial charge in [-0.15, -0.1) is 0 Å². The first kappa shape index (κ1) is 17.0. The molecule has 0 aromatic heterocycles. The lowest BCUT2D eigenvalue weighted by Gasteiger charge is -2.22. The largest absolute Gasteiger partial charge is 0.419 e. The van der Waals surface area contributed by atoms with E-state index in [0.717, 1.165) is 25.1 Å². The molecule has 0 saturated carbocycles. The standard InChI is InChI=1S/C15H21F4N/c1-4-20-14(10(2)3)8-6-11-5-7-13(16)12(9-11)15(17,18)19/h5,7,9-10,14,20H,4,6,8H2,1-3H3. The van der Waals surface area contributed by atoms with Crippen molar-refractivity contribution in [3.05, 3.63) is 35.1 Å². The van der Waals surface area contributed by atoms with Crippen LogP contribution < -0.4 is 5.32 Å². The molecular formula is C15H21F4N. The van der Waals surface area contributed by atoms with E-state index < -0.39 is 17.6 Å². The molecule has 0 aliphatic heterocycles. The Morgan fingerprint density at radius 3 is 2.35 bits per heavy atom. The summed E-state index contributed by atoms with van der Waals surface area (Å²) in [7, 11) is 0. The van der Waals surface area contributed by atoms with Crippen LogP contribution in [0.5, 0.6) is 0 Å². The zero-order valence-corrected chi connectivity index (χ0v) is 12.0. The minimum atomic E-state index is -4.64. The van der Waals surface area contributed by atoms with Crippen LogP contribution >= 0.6 is 0 Å². The molecule has 0 aliphatic rings. The van der Waals surface area contributed by atoms with E-state index in [-0.39, 0.29) is 6.04 Å². The summed E-state index contributed by atoms with van der Waals surface area (Å²) in [6.45, 7) is 6.95. The van der Waals surface area contributed by atoms with Gasteiger partial charge in [0.25, 0.3) is 0 Å². The number of alkyl halides is 3. The van der Waals surface area contributed by atoms with Gasteiger partial charge in [-0.2, -0.15) is 13.2 Å². The number of benzene rings is 1. The van der Waals surface area contributed by atoms with Gasteiger partial charge in [0.05, 0.1) is 5.56 Å². The normalized spacial score (nSPS) is 13.8. The summed E-state index contributed by atoms with van der Waals surface area (Å²) < 4.78 is 51.1. The number of hydrogen-bond acceptors (Lipinski definition) is 1. The lowest BCUT2D eigenvalue weighted by atomic mass is 9.96. The zero-order chi connectivity index (χ0) is 15.3. The maximum Gasteiger partial charge on any atom is 0.419 e. The zero-order valence-electron chi connectivity index (χ0n) is 12.0. The number of hydrogen-bond donors (Lipinski definition) is 1. The minimum Gasteiger partial charge on any atom is -0.314 e. The van der Waals surface area contributed by atoms with Crippen LogP contribution in [0.25, 0.3) is 0 Å². The lowest BCUT2D eigenvalue weighted by molar-refractivity contribution is -0.140. The first-order valence-electron chi connectivity index (χ1n) is 6.84. The summed E-state index contributed by atoms with van der Waals surface area (Å²) in [6.07, 6.45) is -3.41. The summed E-state index contributed by atoms with van der Waals surface area (Å²) in [5, 5.41) is 3.31. The first-order valence-corrected chi connectivity index (χ1v) is 6.84. The van der Waals surface area contributed by atoms with Gasteiger partial charge >= 0.3 is 6.18 Å². The molecule has 0 saturated heterocycles. The van der Waals surface area contributed by atoms with Crippen molar-refractivity contribution in [1.29, 1.82) is 0 Å². The number of halogens is 4. The molecule has 1 aromatic rings. The van der Waals surface area contributed by atoms with Crippen LogP contribution in [-0.4, -0.2) is 12.6 Å². The predicted octanol–water partition coefficient (Wildman–Crippen LogP) is 4.41. The number of rotatable bonds is 6. The van der Waals surface area contributed by atoms with Crippen LogP contribution in [0.1, 0.15) is 38.3 Å². The van der Waals surface area contributed by atoms with Crippen LogP contribution in [0.4, 0.5) is 17.6 Å². The Morgan fingerprint density at radius 1 is 1.20 bits per heavy atom. The third-order valence-electron chi connectivity index (χ3n) is 3.35. The predicted molar refractivity (Wildman–Crippen MR) is 72.0 cm³/mol. The molecule has 1 N–H and O–H groups in total. The van der Waals surface area contributed by atoms with Crippen molar-refractivity contribution < 1.29 is 17.6 Å². The van der Waals surface area contributed by atoms with Gasteiger partial charge in [0.15, 0.2) is 0 Å². The Kier molecular flexibility index (Phi) is 5.99. The molecule has 1 nitrogen and oxygen atoms in total. The second-order valence-electron chi connectivity index (χ2n) is 5.26. The fourth-order valence-electron chi connectivity index (χ4n) is 2.20. The van der Waals surface area contributed by atoms with Crippen LogP contribution in [0.2, 0.25) is 0 Å². The third kappa shape index (κ3) is 4.78. The highest BCUT2D eigenvalue weighted by atomic mass is 19.4. The second kappa shape index (κ2) is 7.07. The van der Waals surface area contributed by atoms with Crippen LogP contribution in [0, 0.1) is 11.7 Å². The third-order valence-corrected chi connectivity index (χ3v) is 3.35. The molecule has 0 spiro atoms. The highest BCUT2D eigenvalue weighted by Crippen LogP contribution is 2.32. The monoisotopic (exact) mass is 291 g/mol. The van der Waals surface area contributed by atoms with E-state index in [2.05, 4.69) is 19.2 Å². The molecule has 0 bridgehead atoms. The van der Waals surface area contributed by atoms with Gasteiger partial charge in [0, 0.05) is 6.04 Å². The van der Waals surface area contributed by atoms with Gasteiger partial charge in [-0.1, -0.05) is 26.8 Å². The van der Waals surface area contributed by atoms with Crippen molar-refractivity contribution in [2.75, 3.05) is 6.54 Å². The summed E-state index contributed by atoms with van der Waals surface area (Å²) >= 11 is 0. The summed E-state index contributed by atoms with van der Waals surface area (Å²) in [4.78, 5) is 0. The van der Waals surface area contributed by atoms with E-state index in [1.807, 2.05) is 6.92 Å². The van der Waals surface area contributed by atoms with E-state index in [1.165, 1.54) is 6.07 Å². The van der Waals surface area contributed by atoms with Gasteiger partial charge < -0.3 is 5.32 Å². The van der Waals surface area contributed by atoms with E-state index >= 15 is 0 Å². The van der Waals surface area contributed by atoms with Crippen LogP contribution in [-0.2, 0) is 12.6 Å². The molecule has 1 rings (SSSR count). The SMILES string of the molecule is CCNC(CCc1ccc(F)c(C(F)(F)F)c1)C(C)C. The Bertz CT molecular complexity index is 426. The molecular weight excluding hydrogens is 270 g/mol. The van der Waals surface area contributed by atoms with Crippen molar-refractivity contribution in [2.24, 2.45) is 5.92 Å². The topological polar surface area (TPSA) is 12.0 Å². The van der Waals surface area contributed by atoms with Crippen molar-refractivity contribution >= 4 is 0 Å². The molecule has 0 heterocycles. The van der Waals surface area contributed by atoms with Gasteiger partial charge in [0.2, 0.25) is 0 Å². The van der Waals surface area contributed by atoms with Crippen molar-refractivity contribution in [3.8, 4) is 0 Å². The fourth-order valence-corrected chi connectivity index (χ4v) is 2.20. The van der Waals surface area contributed by atoms with Gasteiger partial charge in [-0.05, 0) is 43.0 Å². The average Bonchev–Trinajstić information content (AvgIpc) is 2.34. The second-order valence-corrected chi connectivity index (χ2v) is 5.26. The van der Waals surface area contributed by atoms with Crippen LogP contribution in [0.3, 0.4) is 0 Å². The molecule has 1 atom stereocenters. The summed E-state index contributed by atoms with van der Waals surface area (Å²) in [5.41, 5.74) is -0.665. The molecule has 0 amide bonds. The quantitative estimate of drug-likeness (QED) is 0.765. The molecule has 114 valence electrons. The maximum absolute atomic E-state index is 13.2. The van der Waals surface area contributed by atoms with E-state index in [0.29, 0.717) is 17.9 Å². The smallest absolute Gasteiger partial charge is 0.314 e. The fraction of sp³-hybridized carbons (Fsp3) is 0.600. The Morgan fingerprint density at radius 2 is 1.85 bits per heavy atom. The molecule has 0 radical (unpaired) electrons. The highest BCUT2D eigenvalue weighted by Gasteiger charge is 2.34. The molecule has 1 aromatic carbocycles. The Hall–Kier alpha value is -1.10. The molecule has 5 heteroatoms. The van der Waals surface area contributed by atoms with Crippen molar-refractivity contribution in [3.63, 3.8) is 0 Å². The highest BCUT2D eigenvalue weighted by molar-refractivity contribution is 5.27. The summed E-state index contributed by atoms with van der Waals surface area (Å²) in [5.74, 6) is -0.814. The Labute approximate surface area is 117 Å². The van der Waals surface area contributed by atoms with E-state index in [4.69, 9.17) is 0 Å². The maximum atomic E-state index is 13.2. The average molecular weight is 291 g/mol. The van der Waals surface area contributed by atoms with E-state index in [9.17, 15) is 17.6 Å². The molecule has 1 unspecified atom stereocenters. The number of nitrogens with one attached hydrogen (secondary N) is 1. The minimum absolute atomic E-state index is 0.249. The Balaban J connectivity index is 2.78. The molecule has 0 aliphatic carbocycles. The molecule has 20 heavy (non-hydrogen) atoms. The van der Waals surface area contributed by atoms with E-state index in [1.54, 1.807) is 0 Å².